The standard InChI is InChI=1S/C11H14BrN5/c12-8-2-1-5-17-10(8)15-11(16-17)14-6-9(13)7-3-4-7/h1-2,5,7,9H,3-4,6,13H2,(H,14,16). The lowest BCUT2D eigenvalue weighted by Crippen LogP contribution is -2.31. The van der Waals surface area contributed by atoms with Crippen LogP contribution in [0.15, 0.2) is 22.8 Å². The molecule has 1 fully saturated rings. The van der Waals surface area contributed by atoms with Gasteiger partial charge < -0.3 is 11.1 Å². The molecule has 0 amide bonds. The number of hydrogen-bond donors (Lipinski definition) is 2. The first kappa shape index (κ1) is 11.0. The van der Waals surface area contributed by atoms with Crippen LogP contribution in [0.5, 0.6) is 0 Å². The van der Waals surface area contributed by atoms with Gasteiger partial charge >= 0.3 is 0 Å². The maximum absolute atomic E-state index is 6.02. The number of rotatable bonds is 4. The highest BCUT2D eigenvalue weighted by Gasteiger charge is 2.28. The van der Waals surface area contributed by atoms with Crippen LogP contribution in [0.3, 0.4) is 0 Å². The van der Waals surface area contributed by atoms with Gasteiger partial charge in [-0.15, -0.1) is 5.10 Å². The number of halogens is 1. The number of nitrogens with zero attached hydrogens (tertiary/aromatic N) is 3. The Morgan fingerprint density at radius 1 is 1.59 bits per heavy atom. The normalized spacial score (nSPS) is 17.3. The van der Waals surface area contributed by atoms with E-state index in [2.05, 4.69) is 31.3 Å². The van der Waals surface area contributed by atoms with Gasteiger partial charge in [0, 0.05) is 18.8 Å². The molecule has 1 aliphatic rings. The van der Waals surface area contributed by atoms with E-state index in [1.54, 1.807) is 4.52 Å². The third kappa shape index (κ3) is 2.28. The molecular formula is C11H14BrN5. The molecule has 0 bridgehead atoms. The van der Waals surface area contributed by atoms with Crippen molar-refractivity contribution in [1.82, 2.24) is 14.6 Å². The Labute approximate surface area is 108 Å². The second-order valence-electron chi connectivity index (χ2n) is 4.44. The van der Waals surface area contributed by atoms with E-state index in [-0.39, 0.29) is 6.04 Å². The summed E-state index contributed by atoms with van der Waals surface area (Å²) in [4.78, 5) is 4.40. The summed E-state index contributed by atoms with van der Waals surface area (Å²) in [6, 6.07) is 4.08. The molecule has 2 aromatic rings. The van der Waals surface area contributed by atoms with Crippen LogP contribution in [0.1, 0.15) is 12.8 Å². The first-order valence-electron chi connectivity index (χ1n) is 5.74. The predicted octanol–water partition coefficient (Wildman–Crippen LogP) is 1.64. The lowest BCUT2D eigenvalue weighted by Gasteiger charge is -2.09. The van der Waals surface area contributed by atoms with Crippen molar-refractivity contribution < 1.29 is 0 Å². The smallest absolute Gasteiger partial charge is 0.243 e. The van der Waals surface area contributed by atoms with Gasteiger partial charge in [0.1, 0.15) is 0 Å². The summed E-state index contributed by atoms with van der Waals surface area (Å²) in [5, 5.41) is 7.53. The highest BCUT2D eigenvalue weighted by atomic mass is 79.9. The number of aromatic nitrogens is 3. The van der Waals surface area contributed by atoms with E-state index in [4.69, 9.17) is 5.73 Å². The minimum absolute atomic E-state index is 0.213. The van der Waals surface area contributed by atoms with E-state index < -0.39 is 0 Å². The predicted molar refractivity (Wildman–Crippen MR) is 69.9 cm³/mol. The lowest BCUT2D eigenvalue weighted by atomic mass is 10.2. The van der Waals surface area contributed by atoms with Crippen molar-refractivity contribution >= 4 is 27.5 Å². The topological polar surface area (TPSA) is 68.2 Å². The van der Waals surface area contributed by atoms with Crippen LogP contribution in [0.4, 0.5) is 5.95 Å². The Hall–Kier alpha value is -1.14. The van der Waals surface area contributed by atoms with Gasteiger partial charge in [-0.3, -0.25) is 0 Å². The Kier molecular flexibility index (Phi) is 2.76. The zero-order chi connectivity index (χ0) is 11.8. The van der Waals surface area contributed by atoms with Crippen LogP contribution in [-0.4, -0.2) is 27.2 Å². The molecule has 0 spiro atoms. The lowest BCUT2D eigenvalue weighted by molar-refractivity contribution is 0.618. The largest absolute Gasteiger partial charge is 0.351 e. The molecule has 3 rings (SSSR count). The van der Waals surface area contributed by atoms with Crippen molar-refractivity contribution in [3.8, 4) is 0 Å². The Morgan fingerprint density at radius 2 is 2.41 bits per heavy atom. The van der Waals surface area contributed by atoms with Gasteiger partial charge in [0.05, 0.1) is 4.47 Å². The third-order valence-electron chi connectivity index (χ3n) is 3.04. The molecule has 5 nitrogen and oxygen atoms in total. The number of nitrogens with two attached hydrogens (primary N) is 1. The number of nitrogens with one attached hydrogen (secondary N) is 1. The van der Waals surface area contributed by atoms with E-state index >= 15 is 0 Å². The minimum Gasteiger partial charge on any atom is -0.351 e. The van der Waals surface area contributed by atoms with Gasteiger partial charge in [0.2, 0.25) is 5.95 Å². The summed E-state index contributed by atoms with van der Waals surface area (Å²) in [6.45, 7) is 0.735. The van der Waals surface area contributed by atoms with Crippen molar-refractivity contribution in [2.45, 2.75) is 18.9 Å². The third-order valence-corrected chi connectivity index (χ3v) is 3.66. The van der Waals surface area contributed by atoms with Crippen molar-refractivity contribution in [3.05, 3.63) is 22.8 Å². The zero-order valence-electron chi connectivity index (χ0n) is 9.31. The van der Waals surface area contributed by atoms with Crippen molar-refractivity contribution in [2.24, 2.45) is 11.7 Å². The van der Waals surface area contributed by atoms with E-state index in [0.717, 1.165) is 16.7 Å². The summed E-state index contributed by atoms with van der Waals surface area (Å²) in [6.07, 6.45) is 4.39. The van der Waals surface area contributed by atoms with E-state index in [1.807, 2.05) is 18.3 Å². The summed E-state index contributed by atoms with van der Waals surface area (Å²) in [5.74, 6) is 1.32. The van der Waals surface area contributed by atoms with E-state index in [0.29, 0.717) is 11.9 Å². The van der Waals surface area contributed by atoms with E-state index in [1.165, 1.54) is 12.8 Å². The summed E-state index contributed by atoms with van der Waals surface area (Å²) >= 11 is 3.45. The van der Waals surface area contributed by atoms with Crippen molar-refractivity contribution in [1.29, 1.82) is 0 Å². The fraction of sp³-hybridized carbons (Fsp3) is 0.455. The summed E-state index contributed by atoms with van der Waals surface area (Å²) in [5.41, 5.74) is 6.83. The maximum Gasteiger partial charge on any atom is 0.243 e. The molecule has 0 aliphatic heterocycles. The SMILES string of the molecule is NC(CNc1nc2c(Br)cccn2n1)C1CC1. The summed E-state index contributed by atoms with van der Waals surface area (Å²) < 4.78 is 2.68. The summed E-state index contributed by atoms with van der Waals surface area (Å²) in [7, 11) is 0. The van der Waals surface area contributed by atoms with Gasteiger partial charge in [-0.05, 0) is 46.8 Å². The molecule has 1 atom stereocenters. The molecule has 1 unspecified atom stereocenters. The second-order valence-corrected chi connectivity index (χ2v) is 5.30. The monoisotopic (exact) mass is 295 g/mol. The molecule has 2 heterocycles. The van der Waals surface area contributed by atoms with Crippen LogP contribution in [-0.2, 0) is 0 Å². The first-order valence-corrected chi connectivity index (χ1v) is 6.53. The molecule has 90 valence electrons. The zero-order valence-corrected chi connectivity index (χ0v) is 10.9. The van der Waals surface area contributed by atoms with Gasteiger partial charge in [-0.2, -0.15) is 4.98 Å². The molecule has 1 aliphatic carbocycles. The van der Waals surface area contributed by atoms with E-state index in [9.17, 15) is 0 Å². The van der Waals surface area contributed by atoms with Crippen LogP contribution in [0, 0.1) is 5.92 Å². The van der Waals surface area contributed by atoms with Crippen molar-refractivity contribution in [3.63, 3.8) is 0 Å². The molecule has 0 saturated heterocycles. The molecule has 0 aromatic carbocycles. The fourth-order valence-corrected chi connectivity index (χ4v) is 2.27. The average Bonchev–Trinajstić information content (AvgIpc) is 3.07. The maximum atomic E-state index is 6.02. The highest BCUT2D eigenvalue weighted by molar-refractivity contribution is 9.10. The van der Waals surface area contributed by atoms with Crippen LogP contribution in [0.2, 0.25) is 0 Å². The molecule has 1 saturated carbocycles. The Morgan fingerprint density at radius 3 is 3.12 bits per heavy atom. The van der Waals surface area contributed by atoms with Gasteiger partial charge in [0.15, 0.2) is 5.65 Å². The molecule has 17 heavy (non-hydrogen) atoms. The minimum atomic E-state index is 0.213. The van der Waals surface area contributed by atoms with Gasteiger partial charge in [0.25, 0.3) is 0 Å². The van der Waals surface area contributed by atoms with Gasteiger partial charge in [-0.1, -0.05) is 0 Å². The first-order chi connectivity index (χ1) is 8.24. The number of pyridine rings is 1. The molecule has 2 aromatic heterocycles. The van der Waals surface area contributed by atoms with Crippen LogP contribution >= 0.6 is 15.9 Å². The fourth-order valence-electron chi connectivity index (χ4n) is 1.85. The molecular weight excluding hydrogens is 282 g/mol. The quantitative estimate of drug-likeness (QED) is 0.900. The van der Waals surface area contributed by atoms with Crippen molar-refractivity contribution in [2.75, 3.05) is 11.9 Å². The number of anilines is 1. The molecule has 0 radical (unpaired) electrons. The number of fused-ring (bicyclic) bond motifs is 1. The Balaban J connectivity index is 1.74. The van der Waals surface area contributed by atoms with Crippen LogP contribution < -0.4 is 11.1 Å². The molecule has 3 N–H and O–H groups in total. The number of hydrogen-bond acceptors (Lipinski definition) is 4. The second kappa shape index (κ2) is 4.27. The van der Waals surface area contributed by atoms with Gasteiger partial charge in [-0.25, -0.2) is 4.52 Å². The average molecular weight is 296 g/mol. The highest BCUT2D eigenvalue weighted by Crippen LogP contribution is 2.31. The van der Waals surface area contributed by atoms with Crippen LogP contribution in [0.25, 0.3) is 5.65 Å². The molecule has 6 heteroatoms. The Bertz CT molecular complexity index is 534.